The Labute approximate surface area is 131 Å². The SMILES string of the molecule is Cl.NCCC1CCCCN1C(=O)Cc1ccc(Cl)cc1. The number of piperidine rings is 1. The van der Waals surface area contributed by atoms with Crippen LogP contribution in [0.1, 0.15) is 31.2 Å². The van der Waals surface area contributed by atoms with E-state index in [1.54, 1.807) is 0 Å². The van der Waals surface area contributed by atoms with Crippen LogP contribution in [0.2, 0.25) is 5.02 Å². The number of halogens is 2. The number of carbonyl (C=O) groups is 1. The van der Waals surface area contributed by atoms with E-state index >= 15 is 0 Å². The van der Waals surface area contributed by atoms with Crippen LogP contribution in [0.3, 0.4) is 0 Å². The molecule has 0 bridgehead atoms. The first kappa shape index (κ1) is 17.3. The molecular formula is C15H22Cl2N2O. The van der Waals surface area contributed by atoms with Crippen LogP contribution in [-0.2, 0) is 11.2 Å². The molecule has 112 valence electrons. The fourth-order valence-corrected chi connectivity index (χ4v) is 2.83. The van der Waals surface area contributed by atoms with Gasteiger partial charge in [-0.25, -0.2) is 0 Å². The van der Waals surface area contributed by atoms with Gasteiger partial charge in [0, 0.05) is 17.6 Å². The third kappa shape index (κ3) is 4.65. The zero-order chi connectivity index (χ0) is 13.7. The molecule has 1 saturated heterocycles. The number of amides is 1. The third-order valence-corrected chi connectivity index (χ3v) is 3.97. The Balaban J connectivity index is 0.00000200. The van der Waals surface area contributed by atoms with Crippen LogP contribution in [0.25, 0.3) is 0 Å². The molecule has 0 aromatic heterocycles. The fraction of sp³-hybridized carbons (Fsp3) is 0.533. The lowest BCUT2D eigenvalue weighted by molar-refractivity contribution is -0.134. The van der Waals surface area contributed by atoms with Gasteiger partial charge in [0.15, 0.2) is 0 Å². The standard InChI is InChI=1S/C15H21ClN2O.ClH/c16-13-6-4-12(5-7-13)11-15(19)18-10-2-1-3-14(18)8-9-17;/h4-7,14H,1-3,8-11,17H2;1H. The van der Waals surface area contributed by atoms with Crippen LogP contribution in [0.4, 0.5) is 0 Å². The van der Waals surface area contributed by atoms with Gasteiger partial charge >= 0.3 is 0 Å². The van der Waals surface area contributed by atoms with Crippen molar-refractivity contribution in [3.63, 3.8) is 0 Å². The molecule has 0 radical (unpaired) electrons. The second kappa shape index (κ2) is 8.50. The summed E-state index contributed by atoms with van der Waals surface area (Å²) in [6.45, 7) is 1.52. The van der Waals surface area contributed by atoms with E-state index in [1.807, 2.05) is 29.2 Å². The van der Waals surface area contributed by atoms with Crippen LogP contribution in [0.5, 0.6) is 0 Å². The van der Waals surface area contributed by atoms with Gasteiger partial charge in [-0.2, -0.15) is 0 Å². The average molecular weight is 317 g/mol. The predicted octanol–water partition coefficient (Wildman–Crippen LogP) is 3.03. The first-order valence-corrected chi connectivity index (χ1v) is 7.32. The summed E-state index contributed by atoms with van der Waals surface area (Å²) < 4.78 is 0. The Hall–Kier alpha value is -0.770. The fourth-order valence-electron chi connectivity index (χ4n) is 2.70. The molecule has 1 unspecified atom stereocenters. The summed E-state index contributed by atoms with van der Waals surface area (Å²) in [4.78, 5) is 14.4. The smallest absolute Gasteiger partial charge is 0.227 e. The van der Waals surface area contributed by atoms with Crippen molar-refractivity contribution in [2.75, 3.05) is 13.1 Å². The van der Waals surface area contributed by atoms with E-state index in [9.17, 15) is 4.79 Å². The van der Waals surface area contributed by atoms with Gasteiger partial charge in [0.05, 0.1) is 6.42 Å². The molecule has 20 heavy (non-hydrogen) atoms. The molecule has 2 rings (SSSR count). The molecular weight excluding hydrogens is 295 g/mol. The molecule has 1 atom stereocenters. The highest BCUT2D eigenvalue weighted by atomic mass is 35.5. The van der Waals surface area contributed by atoms with Gasteiger partial charge in [-0.05, 0) is 49.9 Å². The topological polar surface area (TPSA) is 46.3 Å². The number of benzene rings is 1. The Bertz CT molecular complexity index is 420. The Morgan fingerprint density at radius 3 is 2.65 bits per heavy atom. The van der Waals surface area contributed by atoms with Gasteiger partial charge in [-0.3, -0.25) is 4.79 Å². The zero-order valence-corrected chi connectivity index (χ0v) is 13.1. The van der Waals surface area contributed by atoms with Crippen molar-refractivity contribution in [3.8, 4) is 0 Å². The summed E-state index contributed by atoms with van der Waals surface area (Å²) >= 11 is 5.85. The van der Waals surface area contributed by atoms with Crippen molar-refractivity contribution in [1.82, 2.24) is 4.90 Å². The van der Waals surface area contributed by atoms with Crippen LogP contribution in [0, 0.1) is 0 Å². The molecule has 0 spiro atoms. The summed E-state index contributed by atoms with van der Waals surface area (Å²) in [5, 5.41) is 0.704. The van der Waals surface area contributed by atoms with Crippen molar-refractivity contribution in [2.24, 2.45) is 5.73 Å². The maximum Gasteiger partial charge on any atom is 0.227 e. The summed E-state index contributed by atoms with van der Waals surface area (Å²) in [5.41, 5.74) is 6.66. The van der Waals surface area contributed by atoms with Crippen LogP contribution in [-0.4, -0.2) is 29.9 Å². The number of hydrogen-bond acceptors (Lipinski definition) is 2. The van der Waals surface area contributed by atoms with E-state index in [0.717, 1.165) is 31.4 Å². The number of nitrogens with zero attached hydrogens (tertiary/aromatic N) is 1. The molecule has 5 heteroatoms. The highest BCUT2D eigenvalue weighted by Gasteiger charge is 2.25. The highest BCUT2D eigenvalue weighted by molar-refractivity contribution is 6.30. The lowest BCUT2D eigenvalue weighted by Gasteiger charge is -2.35. The van der Waals surface area contributed by atoms with Crippen molar-refractivity contribution in [3.05, 3.63) is 34.9 Å². The maximum absolute atomic E-state index is 12.4. The van der Waals surface area contributed by atoms with Gasteiger partial charge in [0.25, 0.3) is 0 Å². The normalized spacial score (nSPS) is 18.5. The molecule has 1 fully saturated rings. The van der Waals surface area contributed by atoms with Crippen molar-refractivity contribution >= 4 is 29.9 Å². The summed E-state index contributed by atoms with van der Waals surface area (Å²) in [6.07, 6.45) is 4.76. The van der Waals surface area contributed by atoms with Gasteiger partial charge in [0.1, 0.15) is 0 Å². The lowest BCUT2D eigenvalue weighted by atomic mass is 9.98. The van der Waals surface area contributed by atoms with E-state index in [4.69, 9.17) is 17.3 Å². The zero-order valence-electron chi connectivity index (χ0n) is 11.6. The molecule has 1 aromatic carbocycles. The van der Waals surface area contributed by atoms with E-state index in [2.05, 4.69) is 0 Å². The van der Waals surface area contributed by atoms with Crippen LogP contribution in [0.15, 0.2) is 24.3 Å². The molecule has 2 N–H and O–H groups in total. The predicted molar refractivity (Wildman–Crippen MR) is 85.4 cm³/mol. The van der Waals surface area contributed by atoms with Crippen molar-refractivity contribution < 1.29 is 4.79 Å². The van der Waals surface area contributed by atoms with Gasteiger partial charge < -0.3 is 10.6 Å². The quantitative estimate of drug-likeness (QED) is 0.928. The third-order valence-electron chi connectivity index (χ3n) is 3.72. The monoisotopic (exact) mass is 316 g/mol. The van der Waals surface area contributed by atoms with Crippen LogP contribution >= 0.6 is 24.0 Å². The Kier molecular flexibility index (Phi) is 7.35. The highest BCUT2D eigenvalue weighted by Crippen LogP contribution is 2.20. The number of hydrogen-bond donors (Lipinski definition) is 1. The largest absolute Gasteiger partial charge is 0.339 e. The second-order valence-electron chi connectivity index (χ2n) is 5.12. The minimum absolute atomic E-state index is 0. The van der Waals surface area contributed by atoms with Gasteiger partial charge in [-0.1, -0.05) is 23.7 Å². The number of rotatable bonds is 4. The van der Waals surface area contributed by atoms with Crippen molar-refractivity contribution in [2.45, 2.75) is 38.1 Å². The van der Waals surface area contributed by atoms with E-state index in [-0.39, 0.29) is 18.3 Å². The molecule has 0 saturated carbocycles. The Morgan fingerprint density at radius 2 is 2.00 bits per heavy atom. The van der Waals surface area contributed by atoms with Crippen molar-refractivity contribution in [1.29, 1.82) is 0 Å². The summed E-state index contributed by atoms with van der Waals surface area (Å²) in [5.74, 6) is 0.209. The summed E-state index contributed by atoms with van der Waals surface area (Å²) in [6, 6.07) is 7.83. The molecule has 1 heterocycles. The van der Waals surface area contributed by atoms with Crippen LogP contribution < -0.4 is 5.73 Å². The number of likely N-dealkylation sites (tertiary alicyclic amines) is 1. The molecule has 3 nitrogen and oxygen atoms in total. The van der Waals surface area contributed by atoms with E-state index in [1.165, 1.54) is 6.42 Å². The second-order valence-corrected chi connectivity index (χ2v) is 5.55. The lowest BCUT2D eigenvalue weighted by Crippen LogP contribution is -2.45. The number of carbonyl (C=O) groups excluding carboxylic acids is 1. The molecule has 1 aromatic rings. The van der Waals surface area contributed by atoms with Gasteiger partial charge in [0.2, 0.25) is 5.91 Å². The average Bonchev–Trinajstić information content (AvgIpc) is 2.42. The van der Waals surface area contributed by atoms with Gasteiger partial charge in [-0.15, -0.1) is 12.4 Å². The molecule has 1 amide bonds. The molecule has 1 aliphatic heterocycles. The van der Waals surface area contributed by atoms with E-state index in [0.29, 0.717) is 24.0 Å². The summed E-state index contributed by atoms with van der Waals surface area (Å²) in [7, 11) is 0. The first-order valence-electron chi connectivity index (χ1n) is 6.94. The van der Waals surface area contributed by atoms with E-state index < -0.39 is 0 Å². The Morgan fingerprint density at radius 1 is 1.30 bits per heavy atom. The molecule has 1 aliphatic rings. The minimum Gasteiger partial charge on any atom is -0.339 e. The number of nitrogens with two attached hydrogens (primary N) is 1. The first-order chi connectivity index (χ1) is 9.20. The maximum atomic E-state index is 12.4. The molecule has 0 aliphatic carbocycles. The minimum atomic E-state index is 0.